The number of sulfonamides is 1. The van der Waals surface area contributed by atoms with Crippen molar-refractivity contribution in [2.24, 2.45) is 0 Å². The van der Waals surface area contributed by atoms with Crippen LogP contribution in [0.3, 0.4) is 0 Å². The first kappa shape index (κ1) is 18.6. The lowest BCUT2D eigenvalue weighted by Crippen LogP contribution is -2.31. The first-order valence-corrected chi connectivity index (χ1v) is 9.03. The van der Waals surface area contributed by atoms with Gasteiger partial charge in [0.1, 0.15) is 0 Å². The second kappa shape index (κ2) is 7.88. The summed E-state index contributed by atoms with van der Waals surface area (Å²) in [7, 11) is -3.81. The third-order valence-electron chi connectivity index (χ3n) is 3.63. The van der Waals surface area contributed by atoms with Crippen LogP contribution in [0.25, 0.3) is 0 Å². The number of benzene rings is 2. The first-order valence-electron chi connectivity index (χ1n) is 7.59. The normalized spacial score (nSPS) is 11.1. The van der Waals surface area contributed by atoms with Crippen LogP contribution < -0.4 is 0 Å². The number of rotatable bonds is 7. The van der Waals surface area contributed by atoms with Gasteiger partial charge in [-0.1, -0.05) is 30.3 Å². The highest BCUT2D eigenvalue weighted by Crippen LogP contribution is 2.20. The van der Waals surface area contributed by atoms with E-state index in [2.05, 4.69) is 6.58 Å². The van der Waals surface area contributed by atoms with Crippen molar-refractivity contribution in [3.63, 3.8) is 0 Å². The molecule has 0 aliphatic rings. The predicted molar refractivity (Wildman–Crippen MR) is 95.4 cm³/mol. The largest absolute Gasteiger partial charge is 0.295 e. The van der Waals surface area contributed by atoms with Crippen molar-refractivity contribution in [3.05, 3.63) is 77.9 Å². The average molecular weight is 354 g/mol. The maximum atomic E-state index is 13.0. The second-order valence-electron chi connectivity index (χ2n) is 5.48. The van der Waals surface area contributed by atoms with Gasteiger partial charge < -0.3 is 0 Å². The maximum absolute atomic E-state index is 13.0. The molecular weight excluding hydrogens is 336 g/mol. The first-order chi connectivity index (χ1) is 11.9. The predicted octanol–water partition coefficient (Wildman–Crippen LogP) is 3.14. The number of carbonyl (C=O) groups excluding carboxylic acids is 1. The summed E-state index contributed by atoms with van der Waals surface area (Å²) in [5, 5.41) is 8.99. The molecule has 0 radical (unpaired) electrons. The summed E-state index contributed by atoms with van der Waals surface area (Å²) < 4.78 is 27.2. The molecule has 128 valence electrons. The molecule has 0 atom stereocenters. The highest BCUT2D eigenvalue weighted by Gasteiger charge is 2.24. The molecule has 25 heavy (non-hydrogen) atoms. The zero-order valence-corrected chi connectivity index (χ0v) is 14.7. The van der Waals surface area contributed by atoms with Gasteiger partial charge in [-0.2, -0.15) is 9.57 Å². The minimum atomic E-state index is -3.81. The fourth-order valence-electron chi connectivity index (χ4n) is 2.36. The highest BCUT2D eigenvalue weighted by molar-refractivity contribution is 7.89. The van der Waals surface area contributed by atoms with Crippen LogP contribution in [0.4, 0.5) is 0 Å². The van der Waals surface area contributed by atoms with Gasteiger partial charge in [0.05, 0.1) is 16.5 Å². The highest BCUT2D eigenvalue weighted by atomic mass is 32.2. The molecule has 0 aliphatic heterocycles. The van der Waals surface area contributed by atoms with Crippen LogP contribution in [0.5, 0.6) is 0 Å². The minimum Gasteiger partial charge on any atom is -0.295 e. The molecule has 0 aromatic heterocycles. The van der Waals surface area contributed by atoms with Gasteiger partial charge >= 0.3 is 0 Å². The van der Waals surface area contributed by atoms with Gasteiger partial charge in [0.2, 0.25) is 10.0 Å². The van der Waals surface area contributed by atoms with Crippen LogP contribution in [0.1, 0.15) is 28.4 Å². The van der Waals surface area contributed by atoms with Crippen LogP contribution in [0.15, 0.2) is 66.1 Å². The zero-order chi connectivity index (χ0) is 18.4. The Morgan fingerprint density at radius 1 is 1.24 bits per heavy atom. The maximum Gasteiger partial charge on any atom is 0.243 e. The fraction of sp³-hybridized carbons (Fsp3) is 0.158. The van der Waals surface area contributed by atoms with Gasteiger partial charge in [-0.3, -0.25) is 4.79 Å². The smallest absolute Gasteiger partial charge is 0.243 e. The van der Waals surface area contributed by atoms with Crippen LogP contribution in [0.2, 0.25) is 0 Å². The van der Waals surface area contributed by atoms with E-state index < -0.39 is 10.0 Å². The molecule has 2 rings (SSSR count). The van der Waals surface area contributed by atoms with E-state index in [0.717, 1.165) is 0 Å². The Balaban J connectivity index is 2.41. The Hall–Kier alpha value is -2.75. The van der Waals surface area contributed by atoms with Gasteiger partial charge in [-0.05, 0) is 36.8 Å². The topological polar surface area (TPSA) is 78.2 Å². The van der Waals surface area contributed by atoms with Crippen LogP contribution >= 0.6 is 0 Å². The molecule has 0 N–H and O–H groups in total. The lowest BCUT2D eigenvalue weighted by atomic mass is 10.1. The summed E-state index contributed by atoms with van der Waals surface area (Å²) >= 11 is 0. The van der Waals surface area contributed by atoms with Crippen molar-refractivity contribution in [2.75, 3.05) is 6.54 Å². The third kappa shape index (κ3) is 4.41. The van der Waals surface area contributed by atoms with E-state index in [-0.39, 0.29) is 23.8 Å². The summed E-state index contributed by atoms with van der Waals surface area (Å²) in [4.78, 5) is 11.6. The number of nitrogens with zero attached hydrogens (tertiary/aromatic N) is 2. The van der Waals surface area contributed by atoms with Gasteiger partial charge in [0.25, 0.3) is 0 Å². The van der Waals surface area contributed by atoms with Gasteiger partial charge in [0, 0.05) is 18.7 Å². The number of hydrogen-bond acceptors (Lipinski definition) is 4. The zero-order valence-electron chi connectivity index (χ0n) is 13.8. The number of nitriles is 1. The lowest BCUT2D eigenvalue weighted by Gasteiger charge is -2.21. The van der Waals surface area contributed by atoms with E-state index in [0.29, 0.717) is 16.7 Å². The van der Waals surface area contributed by atoms with Crippen molar-refractivity contribution in [2.45, 2.75) is 18.4 Å². The molecule has 6 heteroatoms. The van der Waals surface area contributed by atoms with Crippen molar-refractivity contribution in [3.8, 4) is 6.07 Å². The van der Waals surface area contributed by atoms with E-state index in [9.17, 15) is 13.2 Å². The molecule has 2 aromatic rings. The Morgan fingerprint density at radius 2 is 1.96 bits per heavy atom. The Morgan fingerprint density at radius 3 is 2.60 bits per heavy atom. The Labute approximate surface area is 147 Å². The second-order valence-corrected chi connectivity index (χ2v) is 7.42. The van der Waals surface area contributed by atoms with E-state index in [1.54, 1.807) is 36.4 Å². The minimum absolute atomic E-state index is 0.0542. The molecule has 0 unspecified atom stereocenters. The third-order valence-corrected chi connectivity index (χ3v) is 5.43. The van der Waals surface area contributed by atoms with E-state index in [1.165, 1.54) is 29.4 Å². The summed E-state index contributed by atoms with van der Waals surface area (Å²) in [5.74, 6) is -0.200. The number of ketones is 1. The van der Waals surface area contributed by atoms with Crippen LogP contribution in [-0.2, 0) is 16.6 Å². The molecule has 0 aliphatic carbocycles. The van der Waals surface area contributed by atoms with Crippen molar-refractivity contribution in [1.29, 1.82) is 5.26 Å². The van der Waals surface area contributed by atoms with Crippen molar-refractivity contribution >= 4 is 15.8 Å². The van der Waals surface area contributed by atoms with Crippen LogP contribution in [-0.4, -0.2) is 25.1 Å². The van der Waals surface area contributed by atoms with Gasteiger partial charge in [0.15, 0.2) is 5.78 Å². The molecule has 0 amide bonds. The van der Waals surface area contributed by atoms with Gasteiger partial charge in [-0.25, -0.2) is 8.42 Å². The van der Waals surface area contributed by atoms with E-state index >= 15 is 0 Å². The van der Waals surface area contributed by atoms with Crippen LogP contribution in [0, 0.1) is 11.3 Å². The Kier molecular flexibility index (Phi) is 5.86. The SMILES string of the molecule is C=CCN(Cc1cccc(C#N)c1)S(=O)(=O)c1cccc(C(C)=O)c1. The quantitative estimate of drug-likeness (QED) is 0.565. The molecular formula is C19H18N2O3S. The molecule has 0 saturated heterocycles. The lowest BCUT2D eigenvalue weighted by molar-refractivity contribution is 0.101. The van der Waals surface area contributed by atoms with E-state index in [4.69, 9.17) is 5.26 Å². The van der Waals surface area contributed by atoms with Gasteiger partial charge in [-0.15, -0.1) is 6.58 Å². The summed E-state index contributed by atoms with van der Waals surface area (Å²) in [6.07, 6.45) is 1.50. The molecule has 0 saturated carbocycles. The number of Topliss-reactive ketones (excluding diaryl/α,β-unsaturated/α-hetero) is 1. The van der Waals surface area contributed by atoms with E-state index in [1.807, 2.05) is 6.07 Å². The number of hydrogen-bond donors (Lipinski definition) is 0. The summed E-state index contributed by atoms with van der Waals surface area (Å²) in [6, 6.07) is 14.8. The monoisotopic (exact) mass is 354 g/mol. The molecule has 0 bridgehead atoms. The van der Waals surface area contributed by atoms with Crippen molar-refractivity contribution in [1.82, 2.24) is 4.31 Å². The molecule has 5 nitrogen and oxygen atoms in total. The standard InChI is InChI=1S/C19H18N2O3S/c1-3-10-21(14-17-7-4-6-16(11-17)13-20)25(23,24)19-9-5-8-18(12-19)15(2)22/h3-9,11-12H,1,10,14H2,2H3. The average Bonchev–Trinajstić information content (AvgIpc) is 2.61. The van der Waals surface area contributed by atoms with Crippen molar-refractivity contribution < 1.29 is 13.2 Å². The molecule has 0 spiro atoms. The number of carbonyl (C=O) groups is 1. The molecule has 2 aromatic carbocycles. The fourth-order valence-corrected chi connectivity index (χ4v) is 3.80. The Bertz CT molecular complexity index is 943. The molecule has 0 heterocycles. The summed E-state index contributed by atoms with van der Waals surface area (Å²) in [6.45, 7) is 5.23. The summed E-state index contributed by atoms with van der Waals surface area (Å²) in [5.41, 5.74) is 1.50. The molecule has 0 fully saturated rings.